The summed E-state index contributed by atoms with van der Waals surface area (Å²) in [4.78, 5) is 23.9. The molecule has 0 fully saturated rings. The summed E-state index contributed by atoms with van der Waals surface area (Å²) in [5, 5.41) is 17.5. The standard InChI is InChI=1S/C18H12ClF2NO5/c1-27-13-4-8(7-23)2-3-12(13)22-6-10(18(25)26)17(24)9-5-11(20)15(21)14(19)16(9)22/h2-6,23H,7H2,1H3,(H,25,26). The number of halogens is 3. The zero-order chi connectivity index (χ0) is 19.9. The molecule has 6 nitrogen and oxygen atoms in total. The van der Waals surface area contributed by atoms with Crippen molar-refractivity contribution in [2.45, 2.75) is 6.61 Å². The Labute approximate surface area is 155 Å². The molecule has 0 spiro atoms. The Morgan fingerprint density at radius 1 is 1.30 bits per heavy atom. The maximum absolute atomic E-state index is 14.0. The first-order chi connectivity index (χ1) is 12.8. The molecule has 0 aliphatic heterocycles. The summed E-state index contributed by atoms with van der Waals surface area (Å²) in [6, 6.07) is 5.08. The minimum Gasteiger partial charge on any atom is -0.495 e. The third kappa shape index (κ3) is 3.02. The molecule has 9 heteroatoms. The summed E-state index contributed by atoms with van der Waals surface area (Å²) in [5.41, 5.74) is -1.14. The van der Waals surface area contributed by atoms with Crippen LogP contribution in [0.5, 0.6) is 5.75 Å². The molecular weight excluding hydrogens is 384 g/mol. The van der Waals surface area contributed by atoms with Gasteiger partial charge in [-0.3, -0.25) is 4.79 Å². The fourth-order valence-corrected chi connectivity index (χ4v) is 3.04. The van der Waals surface area contributed by atoms with Crippen molar-refractivity contribution >= 4 is 28.5 Å². The van der Waals surface area contributed by atoms with E-state index in [1.165, 1.54) is 25.3 Å². The molecule has 3 aromatic rings. The molecule has 140 valence electrons. The van der Waals surface area contributed by atoms with Crippen LogP contribution in [0.4, 0.5) is 8.78 Å². The number of carboxylic acids is 1. The van der Waals surface area contributed by atoms with Gasteiger partial charge in [0.25, 0.3) is 0 Å². The number of hydrogen-bond acceptors (Lipinski definition) is 4. The van der Waals surface area contributed by atoms with Crippen molar-refractivity contribution in [3.8, 4) is 11.4 Å². The second kappa shape index (κ2) is 6.98. The lowest BCUT2D eigenvalue weighted by Crippen LogP contribution is -2.19. The van der Waals surface area contributed by atoms with Crippen LogP contribution in [0.15, 0.2) is 35.3 Å². The molecule has 0 unspecified atom stereocenters. The molecule has 0 aliphatic rings. The number of benzene rings is 2. The van der Waals surface area contributed by atoms with E-state index in [1.807, 2.05) is 0 Å². The van der Waals surface area contributed by atoms with Gasteiger partial charge in [0.05, 0.1) is 30.3 Å². The number of fused-ring (bicyclic) bond motifs is 1. The Bertz CT molecular complexity index is 1140. The molecule has 1 heterocycles. The number of aromatic nitrogens is 1. The number of carboxylic acid groups (broad SMARTS) is 1. The molecule has 0 aliphatic carbocycles. The van der Waals surface area contributed by atoms with E-state index in [9.17, 15) is 28.6 Å². The average molecular weight is 396 g/mol. The summed E-state index contributed by atoms with van der Waals surface area (Å²) in [5.74, 6) is -4.08. The molecule has 0 amide bonds. The Balaban J connectivity index is 2.53. The zero-order valence-corrected chi connectivity index (χ0v) is 14.6. The van der Waals surface area contributed by atoms with E-state index in [0.29, 0.717) is 11.6 Å². The largest absolute Gasteiger partial charge is 0.495 e. The number of carbonyl (C=O) groups is 1. The van der Waals surface area contributed by atoms with Crippen LogP contribution in [-0.4, -0.2) is 27.9 Å². The van der Waals surface area contributed by atoms with Crippen LogP contribution >= 0.6 is 11.6 Å². The molecule has 0 saturated heterocycles. The molecule has 2 N–H and O–H groups in total. The van der Waals surface area contributed by atoms with E-state index < -0.39 is 39.0 Å². The third-order valence-corrected chi connectivity index (χ3v) is 4.39. The molecule has 0 radical (unpaired) electrons. The molecule has 27 heavy (non-hydrogen) atoms. The van der Waals surface area contributed by atoms with Gasteiger partial charge in [0.15, 0.2) is 11.6 Å². The lowest BCUT2D eigenvalue weighted by molar-refractivity contribution is 0.0695. The summed E-state index contributed by atoms with van der Waals surface area (Å²) < 4.78 is 34.2. The van der Waals surface area contributed by atoms with Gasteiger partial charge in [0, 0.05) is 6.20 Å². The maximum atomic E-state index is 14.0. The highest BCUT2D eigenvalue weighted by Crippen LogP contribution is 2.33. The molecule has 0 saturated carbocycles. The Morgan fingerprint density at radius 2 is 2.00 bits per heavy atom. The van der Waals surface area contributed by atoms with Crippen molar-refractivity contribution in [1.82, 2.24) is 4.57 Å². The predicted molar refractivity (Wildman–Crippen MR) is 93.9 cm³/mol. The van der Waals surface area contributed by atoms with Crippen molar-refractivity contribution in [2.75, 3.05) is 7.11 Å². The summed E-state index contributed by atoms with van der Waals surface area (Å²) in [6.07, 6.45) is 0.965. The highest BCUT2D eigenvalue weighted by atomic mass is 35.5. The minimum atomic E-state index is -1.54. The van der Waals surface area contributed by atoms with Gasteiger partial charge in [0.1, 0.15) is 16.3 Å². The van der Waals surface area contributed by atoms with Crippen molar-refractivity contribution in [2.24, 2.45) is 0 Å². The molecular formula is C18H12ClF2NO5. The SMILES string of the molecule is COc1cc(CO)ccc1-n1cc(C(=O)O)c(=O)c2cc(F)c(F)c(Cl)c21. The van der Waals surface area contributed by atoms with Crippen LogP contribution in [0.3, 0.4) is 0 Å². The van der Waals surface area contributed by atoms with E-state index in [1.54, 1.807) is 0 Å². The zero-order valence-electron chi connectivity index (χ0n) is 13.8. The average Bonchev–Trinajstić information content (AvgIpc) is 2.66. The van der Waals surface area contributed by atoms with E-state index in [2.05, 4.69) is 0 Å². The normalized spacial score (nSPS) is 11.0. The van der Waals surface area contributed by atoms with E-state index in [-0.39, 0.29) is 23.6 Å². The van der Waals surface area contributed by atoms with Crippen LogP contribution < -0.4 is 10.2 Å². The number of aliphatic hydroxyl groups is 1. The molecule has 0 atom stereocenters. The Hall–Kier alpha value is -2.97. The summed E-state index contributed by atoms with van der Waals surface area (Å²) in [7, 11) is 1.34. The van der Waals surface area contributed by atoms with Crippen molar-refractivity contribution in [1.29, 1.82) is 0 Å². The van der Waals surface area contributed by atoms with Crippen LogP contribution in [0.2, 0.25) is 5.02 Å². The van der Waals surface area contributed by atoms with Crippen LogP contribution in [0.1, 0.15) is 15.9 Å². The highest BCUT2D eigenvalue weighted by Gasteiger charge is 2.22. The van der Waals surface area contributed by atoms with E-state index in [0.717, 1.165) is 10.8 Å². The number of rotatable bonds is 4. The number of nitrogens with zero attached hydrogens (tertiary/aromatic N) is 1. The first kappa shape index (κ1) is 18.8. The second-order valence-electron chi connectivity index (χ2n) is 5.59. The van der Waals surface area contributed by atoms with Gasteiger partial charge in [0.2, 0.25) is 5.43 Å². The van der Waals surface area contributed by atoms with Crippen molar-refractivity contribution < 1.29 is 28.5 Å². The van der Waals surface area contributed by atoms with Gasteiger partial charge < -0.3 is 19.5 Å². The predicted octanol–water partition coefficient (Wildman–Crippen LogP) is 3.12. The van der Waals surface area contributed by atoms with E-state index in [4.69, 9.17) is 16.3 Å². The maximum Gasteiger partial charge on any atom is 0.341 e. The van der Waals surface area contributed by atoms with Gasteiger partial charge >= 0.3 is 5.97 Å². The van der Waals surface area contributed by atoms with Gasteiger partial charge in [-0.25, -0.2) is 13.6 Å². The highest BCUT2D eigenvalue weighted by molar-refractivity contribution is 6.35. The number of pyridine rings is 1. The van der Waals surface area contributed by atoms with Gasteiger partial charge in [-0.2, -0.15) is 0 Å². The molecule has 3 rings (SSSR count). The van der Waals surface area contributed by atoms with E-state index >= 15 is 0 Å². The number of hydrogen-bond donors (Lipinski definition) is 2. The topological polar surface area (TPSA) is 88.8 Å². The molecule has 1 aromatic heterocycles. The summed E-state index contributed by atoms with van der Waals surface area (Å²) >= 11 is 5.94. The van der Waals surface area contributed by atoms with Crippen LogP contribution in [0, 0.1) is 11.6 Å². The fraction of sp³-hybridized carbons (Fsp3) is 0.111. The van der Waals surface area contributed by atoms with Crippen molar-refractivity contribution in [3.05, 3.63) is 68.5 Å². The van der Waals surface area contributed by atoms with Gasteiger partial charge in [-0.05, 0) is 23.8 Å². The number of aliphatic hydroxyl groups excluding tert-OH is 1. The lowest BCUT2D eigenvalue weighted by Gasteiger charge is -2.17. The fourth-order valence-electron chi connectivity index (χ4n) is 2.75. The minimum absolute atomic E-state index is 0.198. The molecule has 0 bridgehead atoms. The van der Waals surface area contributed by atoms with Crippen molar-refractivity contribution in [3.63, 3.8) is 0 Å². The number of methoxy groups -OCH3 is 1. The van der Waals surface area contributed by atoms with Gasteiger partial charge in [-0.1, -0.05) is 17.7 Å². The smallest absolute Gasteiger partial charge is 0.341 e. The Kier molecular flexibility index (Phi) is 4.86. The number of aromatic carboxylic acids is 1. The lowest BCUT2D eigenvalue weighted by atomic mass is 10.1. The van der Waals surface area contributed by atoms with Crippen LogP contribution in [-0.2, 0) is 6.61 Å². The first-order valence-corrected chi connectivity index (χ1v) is 7.92. The number of ether oxygens (including phenoxy) is 1. The van der Waals surface area contributed by atoms with Gasteiger partial charge in [-0.15, -0.1) is 0 Å². The second-order valence-corrected chi connectivity index (χ2v) is 5.97. The monoisotopic (exact) mass is 395 g/mol. The molecule has 2 aromatic carbocycles. The Morgan fingerprint density at radius 3 is 2.59 bits per heavy atom. The third-order valence-electron chi connectivity index (χ3n) is 4.04. The first-order valence-electron chi connectivity index (χ1n) is 7.54. The summed E-state index contributed by atoms with van der Waals surface area (Å²) in [6.45, 7) is -0.275. The van der Waals surface area contributed by atoms with Crippen LogP contribution in [0.25, 0.3) is 16.6 Å². The quantitative estimate of drug-likeness (QED) is 0.663.